The van der Waals surface area contributed by atoms with Crippen molar-refractivity contribution in [2.24, 2.45) is 0 Å². The van der Waals surface area contributed by atoms with E-state index in [0.717, 1.165) is 4.09 Å². The highest BCUT2D eigenvalue weighted by Gasteiger charge is 2.37. The number of aromatic nitrogens is 5. The van der Waals surface area contributed by atoms with Crippen LogP contribution in [0, 0.1) is 0 Å². The Morgan fingerprint density at radius 3 is 2.62 bits per heavy atom. The van der Waals surface area contributed by atoms with Crippen LogP contribution in [0.5, 0.6) is 0 Å². The van der Waals surface area contributed by atoms with Crippen molar-refractivity contribution in [3.63, 3.8) is 0 Å². The Bertz CT molecular complexity index is 1390. The van der Waals surface area contributed by atoms with Gasteiger partial charge in [-0.15, -0.1) is 0 Å². The van der Waals surface area contributed by atoms with Crippen LogP contribution in [0.4, 0.5) is 30.5 Å². The molecule has 11 nitrogen and oxygen atoms in total. The van der Waals surface area contributed by atoms with Gasteiger partial charge in [-0.05, 0) is 32.8 Å². The zero-order valence-electron chi connectivity index (χ0n) is 20.0. The smallest absolute Gasteiger partial charge is 0.382 e. The van der Waals surface area contributed by atoms with Crippen molar-refractivity contribution in [3.05, 3.63) is 42.5 Å². The van der Waals surface area contributed by atoms with Gasteiger partial charge in [-0.3, -0.25) is 4.79 Å². The van der Waals surface area contributed by atoms with Crippen LogP contribution in [-0.2, 0) is 10.0 Å². The number of carbonyl (C=O) groups excluding carboxylic acids is 1. The molecule has 3 heterocycles. The van der Waals surface area contributed by atoms with Gasteiger partial charge in [0.2, 0.25) is 0 Å². The number of alkyl halides is 3. The second-order valence-electron chi connectivity index (χ2n) is 8.77. The largest absolute Gasteiger partial charge is 0.390 e. The Labute approximate surface area is 211 Å². The number of rotatable bonds is 10. The lowest BCUT2D eigenvalue weighted by Gasteiger charge is -2.16. The third kappa shape index (κ3) is 6.72. The van der Waals surface area contributed by atoms with E-state index in [0.29, 0.717) is 35.7 Å². The highest BCUT2D eigenvalue weighted by atomic mass is 32.2. The minimum Gasteiger partial charge on any atom is -0.382 e. The molecule has 0 unspecified atom stereocenters. The van der Waals surface area contributed by atoms with Crippen LogP contribution in [0.15, 0.2) is 36.9 Å². The van der Waals surface area contributed by atoms with E-state index in [1.54, 1.807) is 12.1 Å². The molecule has 4 rings (SSSR count). The second-order valence-corrected chi connectivity index (χ2v) is 10.8. The minimum absolute atomic E-state index is 0.0777. The fraction of sp³-hybridized carbons (Fsp3) is 0.409. The Balaban J connectivity index is 1.51. The van der Waals surface area contributed by atoms with E-state index in [1.807, 2.05) is 13.8 Å². The average Bonchev–Trinajstić information content (AvgIpc) is 3.55. The molecule has 0 saturated heterocycles. The maximum Gasteiger partial charge on any atom is 0.390 e. The molecule has 198 valence electrons. The van der Waals surface area contributed by atoms with Crippen LogP contribution in [0.3, 0.4) is 0 Å². The first-order valence-corrected chi connectivity index (χ1v) is 12.9. The SMILES string of the molecule is CC(C)Nc1cc(Nc2ccnc(-c3cnn(S(=O)(=O)C4CC4)c3)n2)ncc1C(=O)NCCC(F)(F)F. The van der Waals surface area contributed by atoms with Crippen molar-refractivity contribution in [1.82, 2.24) is 29.5 Å². The van der Waals surface area contributed by atoms with E-state index in [2.05, 4.69) is 36.0 Å². The highest BCUT2D eigenvalue weighted by molar-refractivity contribution is 7.90. The van der Waals surface area contributed by atoms with Gasteiger partial charge in [-0.1, -0.05) is 0 Å². The summed E-state index contributed by atoms with van der Waals surface area (Å²) < 4.78 is 63.0. The van der Waals surface area contributed by atoms with E-state index in [-0.39, 0.29) is 17.4 Å². The number of nitrogens with zero attached hydrogens (tertiary/aromatic N) is 5. The van der Waals surface area contributed by atoms with E-state index in [4.69, 9.17) is 0 Å². The summed E-state index contributed by atoms with van der Waals surface area (Å²) in [7, 11) is -3.52. The Morgan fingerprint density at radius 2 is 1.95 bits per heavy atom. The number of carbonyl (C=O) groups is 1. The predicted molar refractivity (Wildman–Crippen MR) is 130 cm³/mol. The van der Waals surface area contributed by atoms with Gasteiger partial charge in [0.15, 0.2) is 5.82 Å². The van der Waals surface area contributed by atoms with Crippen molar-refractivity contribution in [3.8, 4) is 11.4 Å². The molecule has 0 bridgehead atoms. The molecule has 1 aliphatic carbocycles. The molecular formula is C22H25F3N8O3S. The van der Waals surface area contributed by atoms with E-state index < -0.39 is 40.3 Å². The molecule has 0 atom stereocenters. The summed E-state index contributed by atoms with van der Waals surface area (Å²) in [6.45, 7) is 3.14. The number of pyridine rings is 1. The fourth-order valence-electron chi connectivity index (χ4n) is 3.32. The van der Waals surface area contributed by atoms with Gasteiger partial charge in [0.05, 0.1) is 40.9 Å². The quantitative estimate of drug-likeness (QED) is 0.354. The summed E-state index contributed by atoms with van der Waals surface area (Å²) in [5.74, 6) is 0.206. The Morgan fingerprint density at radius 1 is 1.19 bits per heavy atom. The molecule has 1 saturated carbocycles. The normalized spacial score (nSPS) is 14.0. The molecule has 3 aromatic rings. The first-order valence-electron chi connectivity index (χ1n) is 11.4. The maximum atomic E-state index is 12.5. The van der Waals surface area contributed by atoms with Gasteiger partial charge in [-0.25, -0.2) is 23.4 Å². The molecular weight excluding hydrogens is 513 g/mol. The standard InChI is InChI=1S/C22H25F3N8O3S/c1-13(2)30-17-9-19(28-11-16(17)21(34)27-8-6-22(23,24)25)31-18-5-7-26-20(32-18)14-10-29-33(12-14)37(35,36)15-3-4-15/h5,7,9-13,15H,3-4,6,8H2,1-2H3,(H,27,34)(H2,26,28,30,31,32). The molecule has 0 aliphatic heterocycles. The molecule has 0 radical (unpaired) electrons. The van der Waals surface area contributed by atoms with Crippen LogP contribution in [0.25, 0.3) is 11.4 Å². The zero-order valence-corrected chi connectivity index (χ0v) is 20.8. The molecule has 1 fully saturated rings. The maximum absolute atomic E-state index is 12.5. The number of amides is 1. The summed E-state index contributed by atoms with van der Waals surface area (Å²) in [4.78, 5) is 25.2. The molecule has 0 spiro atoms. The van der Waals surface area contributed by atoms with Gasteiger partial charge in [0.25, 0.3) is 15.9 Å². The topological polar surface area (TPSA) is 144 Å². The zero-order chi connectivity index (χ0) is 26.8. The minimum atomic E-state index is -4.38. The van der Waals surface area contributed by atoms with Crippen LogP contribution < -0.4 is 16.0 Å². The number of anilines is 3. The van der Waals surface area contributed by atoms with Crippen LogP contribution in [0.2, 0.25) is 0 Å². The van der Waals surface area contributed by atoms with Gasteiger partial charge in [0.1, 0.15) is 11.6 Å². The van der Waals surface area contributed by atoms with E-state index in [9.17, 15) is 26.4 Å². The Kier molecular flexibility index (Phi) is 7.34. The summed E-state index contributed by atoms with van der Waals surface area (Å²) in [6, 6.07) is 3.04. The highest BCUT2D eigenvalue weighted by Crippen LogP contribution is 2.30. The van der Waals surface area contributed by atoms with E-state index in [1.165, 1.54) is 24.8 Å². The van der Waals surface area contributed by atoms with Crippen LogP contribution in [-0.4, -0.2) is 62.5 Å². The molecule has 3 N–H and O–H groups in total. The second kappa shape index (κ2) is 10.3. The lowest BCUT2D eigenvalue weighted by Crippen LogP contribution is -2.29. The predicted octanol–water partition coefficient (Wildman–Crippen LogP) is 3.32. The summed E-state index contributed by atoms with van der Waals surface area (Å²) in [6.07, 6.45) is 1.18. The molecule has 0 aromatic carbocycles. The van der Waals surface area contributed by atoms with Crippen molar-refractivity contribution < 1.29 is 26.4 Å². The van der Waals surface area contributed by atoms with Gasteiger partial charge in [0, 0.05) is 31.0 Å². The van der Waals surface area contributed by atoms with Crippen LogP contribution >= 0.6 is 0 Å². The van der Waals surface area contributed by atoms with Crippen molar-refractivity contribution >= 4 is 33.3 Å². The van der Waals surface area contributed by atoms with Crippen LogP contribution in [0.1, 0.15) is 43.5 Å². The molecule has 1 aliphatic rings. The molecule has 3 aromatic heterocycles. The average molecular weight is 539 g/mol. The summed E-state index contributed by atoms with van der Waals surface area (Å²) >= 11 is 0. The summed E-state index contributed by atoms with van der Waals surface area (Å²) in [5.41, 5.74) is 0.876. The summed E-state index contributed by atoms with van der Waals surface area (Å²) in [5, 5.41) is 11.9. The van der Waals surface area contributed by atoms with Crippen molar-refractivity contribution in [2.75, 3.05) is 17.2 Å². The monoisotopic (exact) mass is 538 g/mol. The fourth-order valence-corrected chi connectivity index (χ4v) is 4.80. The Hall–Kier alpha value is -3.75. The first-order chi connectivity index (χ1) is 17.4. The van der Waals surface area contributed by atoms with Crippen molar-refractivity contribution in [1.29, 1.82) is 0 Å². The number of halogens is 3. The number of hydrogen-bond donors (Lipinski definition) is 3. The third-order valence-electron chi connectivity index (χ3n) is 5.22. The lowest BCUT2D eigenvalue weighted by atomic mass is 10.2. The van der Waals surface area contributed by atoms with Gasteiger partial charge >= 0.3 is 6.18 Å². The number of hydrogen-bond acceptors (Lipinski definition) is 9. The van der Waals surface area contributed by atoms with Crippen molar-refractivity contribution in [2.45, 2.75) is 50.6 Å². The van der Waals surface area contributed by atoms with Gasteiger partial charge < -0.3 is 16.0 Å². The molecule has 15 heteroatoms. The van der Waals surface area contributed by atoms with Gasteiger partial charge in [-0.2, -0.15) is 22.4 Å². The first kappa shape index (κ1) is 26.3. The lowest BCUT2D eigenvalue weighted by molar-refractivity contribution is -0.132. The number of nitrogens with one attached hydrogen (secondary N) is 3. The van der Waals surface area contributed by atoms with E-state index >= 15 is 0 Å². The molecule has 37 heavy (non-hydrogen) atoms. The molecule has 1 amide bonds. The third-order valence-corrected chi connectivity index (χ3v) is 7.26.